The molecule has 1 aliphatic carbocycles. The molecule has 0 bridgehead atoms. The van der Waals surface area contributed by atoms with Gasteiger partial charge in [-0.15, -0.1) is 0 Å². The smallest absolute Gasteiger partial charge is 0.229 e. The van der Waals surface area contributed by atoms with Crippen molar-refractivity contribution in [2.75, 3.05) is 23.1 Å². The van der Waals surface area contributed by atoms with Crippen LogP contribution in [0.4, 0.5) is 28.8 Å². The van der Waals surface area contributed by atoms with Crippen LogP contribution in [0.25, 0.3) is 0 Å². The number of carbonyl (C=O) groups excluding carboxylic acids is 1. The summed E-state index contributed by atoms with van der Waals surface area (Å²) in [5, 5.41) is 9.44. The summed E-state index contributed by atoms with van der Waals surface area (Å²) < 4.78 is 5.19. The largest absolute Gasteiger partial charge is 0.497 e. The van der Waals surface area contributed by atoms with E-state index in [9.17, 15) is 4.79 Å². The first-order chi connectivity index (χ1) is 14.6. The highest BCUT2D eigenvalue weighted by Crippen LogP contribution is 2.32. The van der Waals surface area contributed by atoms with Crippen LogP contribution in [0.2, 0.25) is 0 Å². The fourth-order valence-electron chi connectivity index (χ4n) is 3.07. The quantitative estimate of drug-likeness (QED) is 0.489. The minimum atomic E-state index is 0.0782. The Kier molecular flexibility index (Phi) is 5.79. The Hall–Kier alpha value is -3.61. The van der Waals surface area contributed by atoms with Crippen molar-refractivity contribution in [2.45, 2.75) is 26.2 Å². The first-order valence-electron chi connectivity index (χ1n) is 10.0. The molecule has 4 rings (SSSR count). The molecule has 0 atom stereocenters. The lowest BCUT2D eigenvalue weighted by atomic mass is 10.2. The topological polar surface area (TPSA) is 88.2 Å². The normalized spacial score (nSPS) is 12.9. The fraction of sp³-hybridized carbons (Fsp3) is 0.261. The zero-order valence-electron chi connectivity index (χ0n) is 17.1. The van der Waals surface area contributed by atoms with E-state index in [0.717, 1.165) is 28.5 Å². The van der Waals surface area contributed by atoms with Gasteiger partial charge in [-0.3, -0.25) is 4.79 Å². The highest BCUT2D eigenvalue weighted by molar-refractivity contribution is 5.91. The molecule has 3 N–H and O–H groups in total. The van der Waals surface area contributed by atoms with Crippen LogP contribution in [0, 0.1) is 12.8 Å². The molecule has 7 nitrogen and oxygen atoms in total. The number of methoxy groups -OCH3 is 1. The second-order valence-electron chi connectivity index (χ2n) is 7.47. The SMILES string of the molecule is COc1ccc(Nc2cc(C)nc(Nc3ccc(NC(=O)CC4CC4)cc3)n2)cc1. The van der Waals surface area contributed by atoms with E-state index in [4.69, 9.17) is 4.74 Å². The first kappa shape index (κ1) is 19.7. The number of anilines is 5. The summed E-state index contributed by atoms with van der Waals surface area (Å²) in [7, 11) is 1.64. The summed E-state index contributed by atoms with van der Waals surface area (Å²) >= 11 is 0. The molecule has 0 unspecified atom stereocenters. The first-order valence-corrected chi connectivity index (χ1v) is 10.0. The zero-order chi connectivity index (χ0) is 20.9. The van der Waals surface area contributed by atoms with Gasteiger partial charge in [-0.2, -0.15) is 4.98 Å². The lowest BCUT2D eigenvalue weighted by molar-refractivity contribution is -0.116. The molecule has 1 saturated carbocycles. The summed E-state index contributed by atoms with van der Waals surface area (Å²) in [6.07, 6.45) is 2.95. The highest BCUT2D eigenvalue weighted by Gasteiger charge is 2.24. The van der Waals surface area contributed by atoms with Crippen LogP contribution in [-0.4, -0.2) is 23.0 Å². The predicted octanol–water partition coefficient (Wildman–Crippen LogP) is 5.02. The number of ether oxygens (including phenoxy) is 1. The molecule has 1 fully saturated rings. The highest BCUT2D eigenvalue weighted by atomic mass is 16.5. The number of hydrogen-bond acceptors (Lipinski definition) is 6. The summed E-state index contributed by atoms with van der Waals surface area (Å²) in [5.41, 5.74) is 3.38. The van der Waals surface area contributed by atoms with Crippen molar-refractivity contribution < 1.29 is 9.53 Å². The zero-order valence-corrected chi connectivity index (χ0v) is 17.1. The average Bonchev–Trinajstić information content (AvgIpc) is 3.53. The number of benzene rings is 2. The van der Waals surface area contributed by atoms with E-state index >= 15 is 0 Å². The second kappa shape index (κ2) is 8.82. The van der Waals surface area contributed by atoms with Gasteiger partial charge >= 0.3 is 0 Å². The van der Waals surface area contributed by atoms with E-state index in [1.165, 1.54) is 12.8 Å². The van der Waals surface area contributed by atoms with E-state index in [1.807, 2.05) is 61.5 Å². The van der Waals surface area contributed by atoms with Crippen LogP contribution in [0.15, 0.2) is 54.6 Å². The van der Waals surface area contributed by atoms with E-state index in [1.54, 1.807) is 7.11 Å². The molecule has 0 radical (unpaired) electrons. The standard InChI is InChI=1S/C23H25N5O2/c1-15-13-21(25-17-9-11-20(30-2)12-10-17)28-23(24-15)27-19-7-5-18(6-8-19)26-22(29)14-16-3-4-16/h5-13,16H,3-4,14H2,1-2H3,(H,26,29)(H2,24,25,27,28). The number of rotatable bonds is 8. The van der Waals surface area contributed by atoms with Gasteiger partial charge in [-0.25, -0.2) is 4.98 Å². The minimum Gasteiger partial charge on any atom is -0.497 e. The third-order valence-electron chi connectivity index (χ3n) is 4.81. The number of hydrogen-bond donors (Lipinski definition) is 3. The van der Waals surface area contributed by atoms with E-state index in [2.05, 4.69) is 25.9 Å². The van der Waals surface area contributed by atoms with Gasteiger partial charge in [0.1, 0.15) is 11.6 Å². The number of aromatic nitrogens is 2. The van der Waals surface area contributed by atoms with Gasteiger partial charge in [-0.05, 0) is 74.2 Å². The third kappa shape index (κ3) is 5.47. The van der Waals surface area contributed by atoms with Crippen molar-refractivity contribution >= 4 is 34.7 Å². The van der Waals surface area contributed by atoms with Crippen molar-refractivity contribution in [3.05, 3.63) is 60.3 Å². The van der Waals surface area contributed by atoms with Crippen molar-refractivity contribution in [1.82, 2.24) is 9.97 Å². The summed E-state index contributed by atoms with van der Waals surface area (Å²) in [6.45, 7) is 1.92. The van der Waals surface area contributed by atoms with Gasteiger partial charge in [0, 0.05) is 35.2 Å². The minimum absolute atomic E-state index is 0.0782. The molecule has 1 aliphatic rings. The van der Waals surface area contributed by atoms with Crippen LogP contribution in [-0.2, 0) is 4.79 Å². The second-order valence-corrected chi connectivity index (χ2v) is 7.47. The maximum absolute atomic E-state index is 11.9. The van der Waals surface area contributed by atoms with E-state index in [0.29, 0.717) is 24.1 Å². The Labute approximate surface area is 175 Å². The van der Waals surface area contributed by atoms with Crippen molar-refractivity contribution in [2.24, 2.45) is 5.92 Å². The van der Waals surface area contributed by atoms with Gasteiger partial charge in [0.05, 0.1) is 7.11 Å². The molecule has 1 aromatic heterocycles. The predicted molar refractivity (Wildman–Crippen MR) is 119 cm³/mol. The van der Waals surface area contributed by atoms with Gasteiger partial charge in [0.25, 0.3) is 0 Å². The van der Waals surface area contributed by atoms with Crippen molar-refractivity contribution in [1.29, 1.82) is 0 Å². The number of nitrogens with zero attached hydrogens (tertiary/aromatic N) is 2. The van der Waals surface area contributed by atoms with Crippen LogP contribution in [0.5, 0.6) is 5.75 Å². The number of amides is 1. The molecule has 2 aromatic carbocycles. The average molecular weight is 403 g/mol. The number of nitrogens with one attached hydrogen (secondary N) is 3. The van der Waals surface area contributed by atoms with E-state index < -0.39 is 0 Å². The summed E-state index contributed by atoms with van der Waals surface area (Å²) in [5.74, 6) is 2.64. The molecule has 1 heterocycles. The summed E-state index contributed by atoms with van der Waals surface area (Å²) in [6, 6.07) is 17.1. The maximum atomic E-state index is 11.9. The van der Waals surface area contributed by atoms with Gasteiger partial charge in [0.2, 0.25) is 11.9 Å². The monoisotopic (exact) mass is 403 g/mol. The maximum Gasteiger partial charge on any atom is 0.229 e. The molecule has 30 heavy (non-hydrogen) atoms. The fourth-order valence-corrected chi connectivity index (χ4v) is 3.07. The molecule has 3 aromatic rings. The van der Waals surface area contributed by atoms with Gasteiger partial charge < -0.3 is 20.7 Å². The molecule has 154 valence electrons. The lowest BCUT2D eigenvalue weighted by Gasteiger charge is -2.11. The van der Waals surface area contributed by atoms with Crippen LogP contribution < -0.4 is 20.7 Å². The molecular formula is C23H25N5O2. The Balaban J connectivity index is 1.40. The Morgan fingerprint density at radius 2 is 1.60 bits per heavy atom. The van der Waals surface area contributed by atoms with Crippen LogP contribution >= 0.6 is 0 Å². The number of aryl methyl sites for hydroxylation is 1. The molecular weight excluding hydrogens is 378 g/mol. The Bertz CT molecular complexity index is 1010. The molecule has 1 amide bonds. The summed E-state index contributed by atoms with van der Waals surface area (Å²) in [4.78, 5) is 20.9. The van der Waals surface area contributed by atoms with Crippen LogP contribution in [0.3, 0.4) is 0 Å². The molecule has 0 saturated heterocycles. The number of carbonyl (C=O) groups is 1. The van der Waals surface area contributed by atoms with Gasteiger partial charge in [-0.1, -0.05) is 0 Å². The molecule has 0 spiro atoms. The Morgan fingerprint density at radius 3 is 2.27 bits per heavy atom. The van der Waals surface area contributed by atoms with E-state index in [-0.39, 0.29) is 5.91 Å². The van der Waals surface area contributed by atoms with Crippen LogP contribution in [0.1, 0.15) is 25.0 Å². The molecule has 7 heteroatoms. The third-order valence-corrected chi connectivity index (χ3v) is 4.81. The molecule has 0 aliphatic heterocycles. The van der Waals surface area contributed by atoms with Crippen molar-refractivity contribution in [3.8, 4) is 5.75 Å². The Morgan fingerprint density at radius 1 is 0.967 bits per heavy atom. The van der Waals surface area contributed by atoms with Crippen molar-refractivity contribution in [3.63, 3.8) is 0 Å². The lowest BCUT2D eigenvalue weighted by Crippen LogP contribution is -2.11. The van der Waals surface area contributed by atoms with Gasteiger partial charge in [0.15, 0.2) is 0 Å².